The Morgan fingerprint density at radius 1 is 0.793 bits per heavy atom. The van der Waals surface area contributed by atoms with Crippen LogP contribution in [0.3, 0.4) is 0 Å². The fourth-order valence-corrected chi connectivity index (χ4v) is 7.82. The van der Waals surface area contributed by atoms with Crippen LogP contribution in [0.4, 0.5) is 11.4 Å². The van der Waals surface area contributed by atoms with Crippen molar-refractivity contribution in [2.45, 2.75) is 75.8 Å². The molecule has 2 aliphatic heterocycles. The number of likely N-dealkylation sites (tertiary alicyclic amines) is 1. The van der Waals surface area contributed by atoms with Crippen LogP contribution in [-0.4, -0.2) is 52.7 Å². The molecule has 2 saturated heterocycles. The monoisotopic (exact) mass is 802 g/mol. The van der Waals surface area contributed by atoms with Gasteiger partial charge in [0.05, 0.1) is 35.8 Å². The van der Waals surface area contributed by atoms with Gasteiger partial charge in [-0.05, 0) is 83.0 Å². The molecule has 2 heterocycles. The molecule has 10 nitrogen and oxygen atoms in total. The van der Waals surface area contributed by atoms with Gasteiger partial charge in [-0.15, -0.1) is 0 Å². The first-order chi connectivity index (χ1) is 28.1. The van der Waals surface area contributed by atoms with E-state index in [2.05, 4.69) is 33.7 Å². The smallest absolute Gasteiger partial charge is 0.224 e. The summed E-state index contributed by atoms with van der Waals surface area (Å²) in [5.41, 5.74) is 12.8. The molecule has 0 spiro atoms. The molecule has 6 N–H and O–H groups in total. The summed E-state index contributed by atoms with van der Waals surface area (Å²) in [5.74, 6) is -0.294. The summed E-state index contributed by atoms with van der Waals surface area (Å²) < 4.78 is 13.3. The SMILES string of the molecule is Nc1ccccc1NC(=O)CCCC(=O)NCc1cccc(-c2ccc([C@H]3O[C@@H](CN4CCC(O)(c5ccc(Cl)cc5)CC4)C[C@@H](c4ccc(CO)cc4)O3)cc2)c1. The minimum atomic E-state index is -0.883. The number of para-hydroxylation sites is 2. The van der Waals surface area contributed by atoms with Crippen LogP contribution in [0.15, 0.2) is 121 Å². The van der Waals surface area contributed by atoms with Crippen molar-refractivity contribution in [1.29, 1.82) is 0 Å². The van der Waals surface area contributed by atoms with Gasteiger partial charge in [0.1, 0.15) is 0 Å². The number of benzene rings is 5. The molecule has 0 bridgehead atoms. The Hall–Kier alpha value is -5.07. The Morgan fingerprint density at radius 2 is 1.50 bits per heavy atom. The molecular formula is C47H51ClN4O6. The molecule has 2 amide bonds. The van der Waals surface area contributed by atoms with Crippen LogP contribution in [0.2, 0.25) is 5.02 Å². The first-order valence-electron chi connectivity index (χ1n) is 20.0. The third kappa shape index (κ3) is 10.7. The quantitative estimate of drug-likeness (QED) is 0.0710. The minimum Gasteiger partial charge on any atom is -0.397 e. The van der Waals surface area contributed by atoms with Gasteiger partial charge >= 0.3 is 0 Å². The van der Waals surface area contributed by atoms with Gasteiger partial charge in [0, 0.05) is 56.0 Å². The lowest BCUT2D eigenvalue weighted by Crippen LogP contribution is -2.46. The number of halogens is 1. The fraction of sp³-hybridized carbons (Fsp3) is 0.319. The number of aliphatic hydroxyl groups excluding tert-OH is 1. The highest BCUT2D eigenvalue weighted by molar-refractivity contribution is 6.30. The molecule has 2 aliphatic rings. The number of carbonyl (C=O) groups is 2. The normalized spacial score (nSPS) is 19.3. The van der Waals surface area contributed by atoms with Crippen molar-refractivity contribution in [3.05, 3.63) is 154 Å². The Bertz CT molecular complexity index is 2140. The molecule has 0 aromatic heterocycles. The molecule has 0 radical (unpaired) electrons. The van der Waals surface area contributed by atoms with E-state index in [4.69, 9.17) is 26.8 Å². The van der Waals surface area contributed by atoms with Gasteiger partial charge in [0.2, 0.25) is 11.8 Å². The van der Waals surface area contributed by atoms with Gasteiger partial charge in [0.25, 0.3) is 0 Å². The number of nitrogens with one attached hydrogen (secondary N) is 2. The molecule has 5 aromatic rings. The average Bonchev–Trinajstić information content (AvgIpc) is 3.25. The maximum absolute atomic E-state index is 12.6. The van der Waals surface area contributed by atoms with Crippen LogP contribution in [0, 0.1) is 0 Å². The van der Waals surface area contributed by atoms with Gasteiger partial charge in [-0.25, -0.2) is 0 Å². The van der Waals surface area contributed by atoms with Crippen molar-refractivity contribution < 1.29 is 29.3 Å². The van der Waals surface area contributed by atoms with E-state index in [0.29, 0.717) is 55.2 Å². The second-order valence-corrected chi connectivity index (χ2v) is 15.7. The minimum absolute atomic E-state index is 0.0185. The summed E-state index contributed by atoms with van der Waals surface area (Å²) in [5, 5.41) is 27.5. The molecule has 0 unspecified atom stereocenters. The van der Waals surface area contributed by atoms with Crippen LogP contribution < -0.4 is 16.4 Å². The summed E-state index contributed by atoms with van der Waals surface area (Å²) in [6, 6.07) is 38.7. The number of anilines is 2. The zero-order valence-electron chi connectivity index (χ0n) is 32.5. The second-order valence-electron chi connectivity index (χ2n) is 15.3. The number of nitrogen functional groups attached to an aromatic ring is 1. The lowest BCUT2D eigenvalue weighted by molar-refractivity contribution is -0.253. The maximum atomic E-state index is 12.6. The first kappa shape index (κ1) is 41.1. The molecule has 11 heteroatoms. The highest BCUT2D eigenvalue weighted by Crippen LogP contribution is 2.40. The van der Waals surface area contributed by atoms with Gasteiger partial charge in [-0.2, -0.15) is 0 Å². The molecule has 58 heavy (non-hydrogen) atoms. The van der Waals surface area contributed by atoms with Crippen molar-refractivity contribution in [2.75, 3.05) is 30.7 Å². The lowest BCUT2D eigenvalue weighted by Gasteiger charge is -2.42. The number of carbonyl (C=O) groups excluding carboxylic acids is 2. The summed E-state index contributed by atoms with van der Waals surface area (Å²) in [6.45, 7) is 2.54. The van der Waals surface area contributed by atoms with Crippen molar-refractivity contribution in [3.63, 3.8) is 0 Å². The van der Waals surface area contributed by atoms with E-state index in [0.717, 1.165) is 52.0 Å². The molecule has 2 fully saturated rings. The van der Waals surface area contributed by atoms with Gasteiger partial charge < -0.3 is 41.0 Å². The number of ether oxygens (including phenoxy) is 2. The number of rotatable bonds is 14. The predicted octanol–water partition coefficient (Wildman–Crippen LogP) is 8.04. The van der Waals surface area contributed by atoms with Crippen molar-refractivity contribution in [1.82, 2.24) is 10.2 Å². The van der Waals surface area contributed by atoms with Gasteiger partial charge in [0.15, 0.2) is 6.29 Å². The lowest BCUT2D eigenvalue weighted by atomic mass is 9.84. The van der Waals surface area contributed by atoms with Crippen molar-refractivity contribution in [3.8, 4) is 11.1 Å². The van der Waals surface area contributed by atoms with Crippen molar-refractivity contribution in [2.24, 2.45) is 0 Å². The van der Waals surface area contributed by atoms with E-state index in [9.17, 15) is 19.8 Å². The number of nitrogens with two attached hydrogens (primary N) is 1. The van der Waals surface area contributed by atoms with Crippen LogP contribution in [0.25, 0.3) is 11.1 Å². The molecule has 5 aromatic carbocycles. The van der Waals surface area contributed by atoms with E-state index >= 15 is 0 Å². The molecule has 0 saturated carbocycles. The summed E-state index contributed by atoms with van der Waals surface area (Å²) in [7, 11) is 0. The summed E-state index contributed by atoms with van der Waals surface area (Å²) in [4.78, 5) is 27.3. The largest absolute Gasteiger partial charge is 0.397 e. The van der Waals surface area contributed by atoms with Crippen LogP contribution in [0.1, 0.15) is 78.7 Å². The molecule has 302 valence electrons. The predicted molar refractivity (Wildman–Crippen MR) is 227 cm³/mol. The van der Waals surface area contributed by atoms with E-state index in [1.165, 1.54) is 0 Å². The highest BCUT2D eigenvalue weighted by Gasteiger charge is 2.37. The Morgan fingerprint density at radius 3 is 2.22 bits per heavy atom. The average molecular weight is 803 g/mol. The highest BCUT2D eigenvalue weighted by atomic mass is 35.5. The Labute approximate surface area is 344 Å². The first-order valence-corrected chi connectivity index (χ1v) is 20.3. The van der Waals surface area contributed by atoms with Gasteiger partial charge in [-0.3, -0.25) is 9.59 Å². The number of amides is 2. The van der Waals surface area contributed by atoms with E-state index < -0.39 is 11.9 Å². The number of aliphatic hydroxyl groups is 2. The van der Waals surface area contributed by atoms with E-state index in [1.807, 2.05) is 78.9 Å². The van der Waals surface area contributed by atoms with Crippen LogP contribution in [0.5, 0.6) is 0 Å². The van der Waals surface area contributed by atoms with Gasteiger partial charge in [-0.1, -0.05) is 103 Å². The van der Waals surface area contributed by atoms with E-state index in [1.54, 1.807) is 24.3 Å². The summed E-state index contributed by atoms with van der Waals surface area (Å²) >= 11 is 6.10. The number of piperidine rings is 1. The molecule has 0 aliphatic carbocycles. The zero-order valence-corrected chi connectivity index (χ0v) is 33.2. The Balaban J connectivity index is 0.951. The van der Waals surface area contributed by atoms with Crippen LogP contribution in [-0.2, 0) is 37.8 Å². The fourth-order valence-electron chi connectivity index (χ4n) is 7.69. The number of nitrogens with zero attached hydrogens (tertiary/aromatic N) is 1. The standard InChI is InChI=1S/C47H51ClN4O6/c48-39-21-19-38(20-22-39)47(56)23-25-52(26-24-47)30-40-28-43(35-13-11-32(31-53)12-14-35)58-46(57-40)36-17-15-34(16-18-36)37-6-3-5-33(27-37)29-50-44(54)9-4-10-45(55)51-42-8-2-1-7-41(42)49/h1-3,5-8,11-22,27,40,43,46,53,56H,4,9-10,23-26,28-31,49H2,(H,50,54)(H,51,55)/t40-,43+,46+/m1/s1. The Kier molecular flexibility index (Phi) is 13.6. The number of hydrogen-bond acceptors (Lipinski definition) is 8. The van der Waals surface area contributed by atoms with Crippen LogP contribution >= 0.6 is 11.6 Å². The number of hydrogen-bond donors (Lipinski definition) is 5. The third-order valence-electron chi connectivity index (χ3n) is 11.1. The molecule has 7 rings (SSSR count). The third-order valence-corrected chi connectivity index (χ3v) is 11.4. The zero-order chi connectivity index (χ0) is 40.5. The van der Waals surface area contributed by atoms with E-state index in [-0.39, 0.29) is 43.5 Å². The van der Waals surface area contributed by atoms with Crippen molar-refractivity contribution >= 4 is 34.8 Å². The molecule has 3 atom stereocenters. The molecular weight excluding hydrogens is 752 g/mol. The topological polar surface area (TPSA) is 146 Å². The maximum Gasteiger partial charge on any atom is 0.224 e. The second kappa shape index (κ2) is 19.1. The summed E-state index contributed by atoms with van der Waals surface area (Å²) in [6.07, 6.45) is 1.90.